The number of piperazine rings is 1. The molecule has 0 N–H and O–H groups in total. The summed E-state index contributed by atoms with van der Waals surface area (Å²) in [6.07, 6.45) is 3.31. The number of aromatic nitrogens is 4. The quantitative estimate of drug-likeness (QED) is 0.573. The molecule has 4 heterocycles. The van der Waals surface area contributed by atoms with Crippen LogP contribution in [0.15, 0.2) is 29.9 Å². The van der Waals surface area contributed by atoms with Crippen molar-refractivity contribution in [2.24, 2.45) is 0 Å². The molecule has 1 aromatic carbocycles. The van der Waals surface area contributed by atoms with Gasteiger partial charge in [0.25, 0.3) is 0 Å². The van der Waals surface area contributed by atoms with Gasteiger partial charge in [0.15, 0.2) is 0 Å². The molecule has 2 saturated heterocycles. The molecule has 174 valence electrons. The van der Waals surface area contributed by atoms with Gasteiger partial charge in [-0.3, -0.25) is 9.69 Å². The molecule has 0 spiro atoms. The van der Waals surface area contributed by atoms with Crippen LogP contribution < -0.4 is 0 Å². The maximum absolute atomic E-state index is 13.5. The van der Waals surface area contributed by atoms with E-state index in [1.165, 1.54) is 16.9 Å². The first kappa shape index (κ1) is 21.4. The fourth-order valence-electron chi connectivity index (χ4n) is 5.53. The second kappa shape index (κ2) is 8.58. The van der Waals surface area contributed by atoms with Crippen molar-refractivity contribution in [2.45, 2.75) is 37.8 Å². The predicted octanol–water partition coefficient (Wildman–Crippen LogP) is 2.22. The zero-order chi connectivity index (χ0) is 23.2. The highest BCUT2D eigenvalue weighted by Gasteiger charge is 2.39. The summed E-state index contributed by atoms with van der Waals surface area (Å²) >= 11 is 1.49. The summed E-state index contributed by atoms with van der Waals surface area (Å²) < 4.78 is 7.87. The highest BCUT2D eigenvalue weighted by molar-refractivity contribution is 7.10. The second-order valence-corrected chi connectivity index (χ2v) is 10.1. The third-order valence-electron chi connectivity index (χ3n) is 7.45. The number of fused-ring (bicyclic) bond motifs is 2. The zero-order valence-electron chi connectivity index (χ0n) is 18.9. The number of ether oxygens (including phenoxy) is 1. The highest BCUT2D eigenvalue weighted by Crippen LogP contribution is 2.37. The van der Waals surface area contributed by atoms with Crippen molar-refractivity contribution in [3.63, 3.8) is 0 Å². The SMILES string of the molecule is Cc1c([C@@H]2CN3CCN(C(=O)C4CCc5cc(-n6cnnn6)ccc54)C[C@H]3CO2)csc1C#N. The van der Waals surface area contributed by atoms with E-state index in [-0.39, 0.29) is 24.0 Å². The van der Waals surface area contributed by atoms with Crippen molar-refractivity contribution in [3.8, 4) is 11.8 Å². The molecule has 9 nitrogen and oxygen atoms in total. The average Bonchev–Trinajstić information content (AvgIpc) is 3.62. The summed E-state index contributed by atoms with van der Waals surface area (Å²) in [6, 6.07) is 8.62. The van der Waals surface area contributed by atoms with Crippen LogP contribution in [-0.2, 0) is 16.0 Å². The van der Waals surface area contributed by atoms with E-state index in [1.807, 2.05) is 17.9 Å². The van der Waals surface area contributed by atoms with Gasteiger partial charge >= 0.3 is 0 Å². The van der Waals surface area contributed by atoms with Crippen LogP contribution in [0.5, 0.6) is 0 Å². The molecule has 3 atom stereocenters. The molecular weight excluding hydrogens is 450 g/mol. The van der Waals surface area contributed by atoms with Gasteiger partial charge in [-0.15, -0.1) is 16.4 Å². The van der Waals surface area contributed by atoms with Crippen LogP contribution >= 0.6 is 11.3 Å². The van der Waals surface area contributed by atoms with Gasteiger partial charge < -0.3 is 9.64 Å². The monoisotopic (exact) mass is 475 g/mol. The van der Waals surface area contributed by atoms with Crippen molar-refractivity contribution in [3.05, 3.63) is 57.0 Å². The number of rotatable bonds is 3. The average molecular weight is 476 g/mol. The van der Waals surface area contributed by atoms with Crippen molar-refractivity contribution < 1.29 is 9.53 Å². The number of benzene rings is 1. The summed E-state index contributed by atoms with van der Waals surface area (Å²) in [5.74, 6) is 0.141. The zero-order valence-corrected chi connectivity index (χ0v) is 19.7. The molecule has 1 unspecified atom stereocenters. The molecule has 2 aliphatic heterocycles. The highest BCUT2D eigenvalue weighted by atomic mass is 32.1. The minimum absolute atomic E-state index is 0.00653. The third-order valence-corrected chi connectivity index (χ3v) is 8.45. The minimum atomic E-state index is -0.0837. The smallest absolute Gasteiger partial charge is 0.230 e. The van der Waals surface area contributed by atoms with Crippen molar-refractivity contribution in [1.29, 1.82) is 5.26 Å². The molecule has 34 heavy (non-hydrogen) atoms. The van der Waals surface area contributed by atoms with Crippen LogP contribution in [0, 0.1) is 18.3 Å². The molecule has 2 aromatic heterocycles. The predicted molar refractivity (Wildman–Crippen MR) is 125 cm³/mol. The van der Waals surface area contributed by atoms with E-state index in [9.17, 15) is 10.1 Å². The van der Waals surface area contributed by atoms with Crippen LogP contribution in [0.4, 0.5) is 0 Å². The summed E-state index contributed by atoms with van der Waals surface area (Å²) in [6.45, 7) is 5.70. The van der Waals surface area contributed by atoms with Crippen LogP contribution in [0.3, 0.4) is 0 Å². The van der Waals surface area contributed by atoms with E-state index in [0.717, 1.165) is 59.7 Å². The van der Waals surface area contributed by atoms with E-state index in [4.69, 9.17) is 4.74 Å². The van der Waals surface area contributed by atoms with Crippen molar-refractivity contribution in [1.82, 2.24) is 30.0 Å². The number of hydrogen-bond donors (Lipinski definition) is 0. The number of morpholine rings is 1. The van der Waals surface area contributed by atoms with Crippen LogP contribution in [0.25, 0.3) is 5.69 Å². The molecule has 0 bridgehead atoms. The number of hydrogen-bond acceptors (Lipinski definition) is 8. The Bertz CT molecular complexity index is 1260. The number of carbonyl (C=O) groups excluding carboxylic acids is 1. The molecule has 1 aliphatic carbocycles. The number of nitriles is 1. The lowest BCUT2D eigenvalue weighted by atomic mass is 9.97. The number of nitrogens with zero attached hydrogens (tertiary/aromatic N) is 7. The number of thiophene rings is 1. The van der Waals surface area contributed by atoms with Crippen molar-refractivity contribution in [2.75, 3.05) is 32.8 Å². The fraction of sp³-hybridized carbons (Fsp3) is 0.458. The summed E-state index contributed by atoms with van der Waals surface area (Å²) in [7, 11) is 0. The molecule has 6 rings (SSSR count). The van der Waals surface area contributed by atoms with Gasteiger partial charge in [-0.1, -0.05) is 6.07 Å². The lowest BCUT2D eigenvalue weighted by molar-refractivity contribution is -0.141. The summed E-state index contributed by atoms with van der Waals surface area (Å²) in [5.41, 5.74) is 5.42. The first-order valence-corrected chi connectivity index (χ1v) is 12.5. The Balaban J connectivity index is 1.12. The summed E-state index contributed by atoms with van der Waals surface area (Å²) in [4.78, 5) is 18.8. The molecule has 2 fully saturated rings. The Labute approximate surface area is 201 Å². The maximum Gasteiger partial charge on any atom is 0.230 e. The Morgan fingerprint density at radius 3 is 2.97 bits per heavy atom. The fourth-order valence-corrected chi connectivity index (χ4v) is 6.45. The number of amides is 1. The number of tetrazole rings is 1. The van der Waals surface area contributed by atoms with Crippen LogP contribution in [0.1, 0.15) is 45.6 Å². The van der Waals surface area contributed by atoms with Gasteiger partial charge in [0.2, 0.25) is 5.91 Å². The molecule has 3 aliphatic rings. The molecular formula is C24H25N7O2S. The van der Waals surface area contributed by atoms with E-state index in [2.05, 4.69) is 44.0 Å². The lowest BCUT2D eigenvalue weighted by Gasteiger charge is -2.46. The Morgan fingerprint density at radius 1 is 1.26 bits per heavy atom. The standard InChI is InChI=1S/C24H25N7O2S/c1-15-21(13-34-23(15)9-25)22-11-29-6-7-30(10-18(29)12-33-22)24(32)20-4-2-16-8-17(3-5-19(16)20)31-14-26-27-28-31/h3,5,8,13-14,18,20,22H,2,4,6-7,10-12H2,1H3/t18-,20?,22-/m0/s1. The first-order valence-electron chi connectivity index (χ1n) is 11.6. The van der Waals surface area contributed by atoms with Gasteiger partial charge in [-0.05, 0) is 70.0 Å². The molecule has 0 radical (unpaired) electrons. The molecule has 1 amide bonds. The third kappa shape index (κ3) is 3.60. The Kier molecular flexibility index (Phi) is 5.40. The topological polar surface area (TPSA) is 100 Å². The van der Waals surface area contributed by atoms with E-state index >= 15 is 0 Å². The number of carbonyl (C=O) groups is 1. The van der Waals surface area contributed by atoms with Gasteiger partial charge in [0.05, 0.1) is 30.4 Å². The van der Waals surface area contributed by atoms with E-state index in [1.54, 1.807) is 11.0 Å². The van der Waals surface area contributed by atoms with Gasteiger partial charge in [-0.25, -0.2) is 4.68 Å². The van der Waals surface area contributed by atoms with Crippen molar-refractivity contribution >= 4 is 17.2 Å². The molecule has 3 aromatic rings. The molecule has 0 saturated carbocycles. The normalized spacial score (nSPS) is 24.5. The first-order chi connectivity index (χ1) is 16.6. The summed E-state index contributed by atoms with van der Waals surface area (Å²) in [5, 5.41) is 22.7. The molecule has 10 heteroatoms. The van der Waals surface area contributed by atoms with Crippen LogP contribution in [-0.4, -0.2) is 74.7 Å². The van der Waals surface area contributed by atoms with Gasteiger partial charge in [0.1, 0.15) is 17.3 Å². The van der Waals surface area contributed by atoms with E-state index in [0.29, 0.717) is 13.2 Å². The Hall–Kier alpha value is -3.13. The lowest BCUT2D eigenvalue weighted by Crippen LogP contribution is -2.60. The Morgan fingerprint density at radius 2 is 2.18 bits per heavy atom. The minimum Gasteiger partial charge on any atom is -0.370 e. The number of aryl methyl sites for hydroxylation is 1. The van der Waals surface area contributed by atoms with Crippen LogP contribution in [0.2, 0.25) is 0 Å². The van der Waals surface area contributed by atoms with Gasteiger partial charge in [-0.2, -0.15) is 5.26 Å². The van der Waals surface area contributed by atoms with E-state index < -0.39 is 0 Å². The van der Waals surface area contributed by atoms with Gasteiger partial charge in [0, 0.05) is 26.2 Å². The maximum atomic E-state index is 13.5. The second-order valence-electron chi connectivity index (χ2n) is 9.24. The largest absolute Gasteiger partial charge is 0.370 e.